The molecular weight excluding hydrogens is 276 g/mol. The first-order chi connectivity index (χ1) is 10.4. The van der Waals surface area contributed by atoms with Gasteiger partial charge in [-0.1, -0.05) is 13.8 Å². The maximum atomic E-state index is 11.9. The second-order valence-electron chi connectivity index (χ2n) is 8.61. The molecule has 2 fully saturated rings. The van der Waals surface area contributed by atoms with Crippen LogP contribution in [0.15, 0.2) is 23.2 Å². The molecule has 0 aromatic carbocycles. The van der Waals surface area contributed by atoms with Gasteiger partial charge in [0.2, 0.25) is 0 Å². The molecule has 3 nitrogen and oxygen atoms in total. The van der Waals surface area contributed by atoms with Crippen molar-refractivity contribution < 1.29 is 14.6 Å². The smallest absolute Gasteiger partial charge is 0.169 e. The summed E-state index contributed by atoms with van der Waals surface area (Å²) in [4.78, 5) is 11.9. The molecule has 3 heteroatoms. The van der Waals surface area contributed by atoms with Crippen molar-refractivity contribution in [1.29, 1.82) is 0 Å². The predicted molar refractivity (Wildman–Crippen MR) is 81.6 cm³/mol. The first-order valence-corrected chi connectivity index (χ1v) is 8.80. The highest BCUT2D eigenvalue weighted by Gasteiger charge is 2.65. The summed E-state index contributed by atoms with van der Waals surface area (Å²) in [6, 6.07) is 0. The molecule has 0 aromatic rings. The number of fused-ring (bicyclic) bond motifs is 7. The van der Waals surface area contributed by atoms with Gasteiger partial charge in [0.15, 0.2) is 17.3 Å². The number of carbonyl (C=O) groups excluding carboxylic acids is 1. The number of allylic oxidation sites excluding steroid dienone is 3. The first kappa shape index (κ1) is 13.4. The largest absolute Gasteiger partial charge is 0.454 e. The molecule has 1 heterocycles. The van der Waals surface area contributed by atoms with Gasteiger partial charge >= 0.3 is 0 Å². The molecule has 5 rings (SSSR count). The third-order valence-corrected chi connectivity index (χ3v) is 7.79. The molecule has 0 bridgehead atoms. The fourth-order valence-corrected chi connectivity index (χ4v) is 6.31. The maximum absolute atomic E-state index is 11.9. The van der Waals surface area contributed by atoms with Crippen LogP contribution in [0, 0.1) is 28.6 Å². The van der Waals surface area contributed by atoms with Crippen LogP contribution >= 0.6 is 0 Å². The van der Waals surface area contributed by atoms with Gasteiger partial charge in [0.05, 0.1) is 6.10 Å². The zero-order valence-electron chi connectivity index (χ0n) is 13.4. The average molecular weight is 300 g/mol. The van der Waals surface area contributed by atoms with Gasteiger partial charge in [-0.15, -0.1) is 0 Å². The number of hydrogen-bond donors (Lipinski definition) is 1. The van der Waals surface area contributed by atoms with Gasteiger partial charge in [0, 0.05) is 23.3 Å². The summed E-state index contributed by atoms with van der Waals surface area (Å²) < 4.78 is 5.95. The summed E-state index contributed by atoms with van der Waals surface area (Å²) in [6.45, 7) is 4.63. The van der Waals surface area contributed by atoms with Gasteiger partial charge in [-0.3, -0.25) is 4.79 Å². The Balaban J connectivity index is 1.63. The summed E-state index contributed by atoms with van der Waals surface area (Å²) in [5.41, 5.74) is 1.35. The first-order valence-electron chi connectivity index (χ1n) is 8.80. The van der Waals surface area contributed by atoms with E-state index in [1.807, 2.05) is 6.08 Å². The number of aliphatic hydroxyl groups excluding tert-OH is 1. The third kappa shape index (κ3) is 1.40. The van der Waals surface area contributed by atoms with Crippen molar-refractivity contribution in [2.24, 2.45) is 28.6 Å². The van der Waals surface area contributed by atoms with Crippen molar-refractivity contribution in [3.05, 3.63) is 23.2 Å². The highest BCUT2D eigenvalue weighted by molar-refractivity contribution is 5.92. The second kappa shape index (κ2) is 3.87. The van der Waals surface area contributed by atoms with E-state index in [-0.39, 0.29) is 22.7 Å². The topological polar surface area (TPSA) is 49.8 Å². The normalized spacial score (nSPS) is 52.1. The Morgan fingerprint density at radius 3 is 2.82 bits per heavy atom. The Morgan fingerprint density at radius 1 is 1.18 bits per heavy atom. The molecule has 0 amide bonds. The van der Waals surface area contributed by atoms with Crippen molar-refractivity contribution in [2.75, 3.05) is 0 Å². The quantitative estimate of drug-likeness (QED) is 0.746. The van der Waals surface area contributed by atoms with Crippen molar-refractivity contribution in [3.63, 3.8) is 0 Å². The van der Waals surface area contributed by atoms with E-state index >= 15 is 0 Å². The van der Waals surface area contributed by atoms with Crippen LogP contribution in [0.3, 0.4) is 0 Å². The van der Waals surface area contributed by atoms with E-state index in [1.54, 1.807) is 0 Å². The Morgan fingerprint density at radius 2 is 2.00 bits per heavy atom. The Bertz CT molecular complexity index is 645. The highest BCUT2D eigenvalue weighted by atomic mass is 16.6. The van der Waals surface area contributed by atoms with Crippen LogP contribution in [0.4, 0.5) is 0 Å². The molecule has 0 aromatic heterocycles. The molecule has 0 unspecified atom stereocenters. The number of rotatable bonds is 0. The van der Waals surface area contributed by atoms with Gasteiger partial charge in [-0.2, -0.15) is 0 Å². The molecule has 0 spiro atoms. The lowest BCUT2D eigenvalue weighted by molar-refractivity contribution is -0.116. The van der Waals surface area contributed by atoms with Crippen LogP contribution in [0.1, 0.15) is 52.4 Å². The zero-order valence-corrected chi connectivity index (χ0v) is 13.4. The standard InChI is InChI=1S/C19H24O3/c1-18-7-5-10(20)9-13(18)16-17(22-16)15-11-3-4-14(21)19(11,2)8-6-12(15)18/h9,11-12,14-15,21H,3-8H2,1-2H3/t11-,12-,14-,15-,18+,19-/m0/s1. The van der Waals surface area contributed by atoms with Crippen LogP contribution in [0.5, 0.6) is 0 Å². The molecular formula is C19H24O3. The van der Waals surface area contributed by atoms with Gasteiger partial charge in [-0.05, 0) is 55.4 Å². The van der Waals surface area contributed by atoms with Crippen LogP contribution in [0.2, 0.25) is 0 Å². The predicted octanol–water partition coefficient (Wildman–Crippen LogP) is 3.34. The van der Waals surface area contributed by atoms with Gasteiger partial charge < -0.3 is 9.84 Å². The maximum Gasteiger partial charge on any atom is 0.169 e. The number of ether oxygens (including phenoxy) is 1. The minimum Gasteiger partial charge on any atom is -0.454 e. The van der Waals surface area contributed by atoms with E-state index in [4.69, 9.17) is 4.74 Å². The summed E-state index contributed by atoms with van der Waals surface area (Å²) in [5.74, 6) is 4.04. The van der Waals surface area contributed by atoms with Gasteiger partial charge in [-0.25, -0.2) is 0 Å². The second-order valence-corrected chi connectivity index (χ2v) is 8.61. The fourth-order valence-electron chi connectivity index (χ4n) is 6.31. The molecule has 118 valence electrons. The van der Waals surface area contributed by atoms with Crippen molar-refractivity contribution in [3.8, 4) is 0 Å². The molecule has 1 aliphatic heterocycles. The van der Waals surface area contributed by atoms with Crippen LogP contribution in [-0.2, 0) is 9.53 Å². The molecule has 22 heavy (non-hydrogen) atoms. The summed E-state index contributed by atoms with van der Waals surface area (Å²) >= 11 is 0. The van der Waals surface area contributed by atoms with Crippen LogP contribution < -0.4 is 0 Å². The van der Waals surface area contributed by atoms with Gasteiger partial charge in [0.1, 0.15) is 0 Å². The minimum absolute atomic E-state index is 0.0628. The third-order valence-electron chi connectivity index (χ3n) is 7.79. The molecule has 0 radical (unpaired) electrons. The monoisotopic (exact) mass is 300 g/mol. The zero-order chi connectivity index (χ0) is 15.3. The lowest BCUT2D eigenvalue weighted by atomic mass is 9.49. The average Bonchev–Trinajstić information content (AvgIpc) is 3.22. The Kier molecular flexibility index (Phi) is 2.35. The minimum atomic E-state index is -0.154. The van der Waals surface area contributed by atoms with E-state index < -0.39 is 0 Å². The van der Waals surface area contributed by atoms with Crippen LogP contribution in [-0.4, -0.2) is 17.0 Å². The van der Waals surface area contributed by atoms with E-state index in [0.29, 0.717) is 24.2 Å². The fraction of sp³-hybridized carbons (Fsp3) is 0.737. The Labute approximate surface area is 131 Å². The van der Waals surface area contributed by atoms with E-state index in [0.717, 1.165) is 43.6 Å². The van der Waals surface area contributed by atoms with Crippen molar-refractivity contribution in [1.82, 2.24) is 0 Å². The SMILES string of the molecule is C[C@]12CC[C@H]3[C@@H](C4=C(O4)C4=CC(=O)CC[C@@]43C)[C@@H]1CC[C@@H]2O. The number of aliphatic hydroxyl groups is 1. The summed E-state index contributed by atoms with van der Waals surface area (Å²) in [6.07, 6.45) is 7.66. The molecule has 2 saturated carbocycles. The molecule has 6 atom stereocenters. The molecule has 0 saturated heterocycles. The summed E-state index contributed by atoms with van der Waals surface area (Å²) in [7, 11) is 0. The molecule has 4 aliphatic carbocycles. The van der Waals surface area contributed by atoms with Gasteiger partial charge in [0.25, 0.3) is 0 Å². The van der Waals surface area contributed by atoms with Crippen LogP contribution in [0.25, 0.3) is 0 Å². The Hall–Kier alpha value is -1.09. The van der Waals surface area contributed by atoms with E-state index in [1.165, 1.54) is 5.57 Å². The highest BCUT2D eigenvalue weighted by Crippen LogP contribution is 2.70. The lowest BCUT2D eigenvalue weighted by Gasteiger charge is -2.53. The lowest BCUT2D eigenvalue weighted by Crippen LogP contribution is -2.49. The molecule has 1 N–H and O–H groups in total. The molecule has 5 aliphatic rings. The van der Waals surface area contributed by atoms with E-state index in [9.17, 15) is 9.90 Å². The van der Waals surface area contributed by atoms with E-state index in [2.05, 4.69) is 13.8 Å². The number of hydrogen-bond acceptors (Lipinski definition) is 3. The van der Waals surface area contributed by atoms with Crippen molar-refractivity contribution in [2.45, 2.75) is 58.5 Å². The number of carbonyl (C=O) groups is 1. The summed E-state index contributed by atoms with van der Waals surface area (Å²) in [5, 5.41) is 10.5. The number of ketones is 1. The van der Waals surface area contributed by atoms with Crippen molar-refractivity contribution >= 4 is 5.78 Å².